The first-order valence-corrected chi connectivity index (χ1v) is 8.16. The third-order valence-corrected chi connectivity index (χ3v) is 5.66. The number of aliphatic hydroxyl groups is 1. The van der Waals surface area contributed by atoms with Crippen LogP contribution in [-0.4, -0.2) is 16.6 Å². The van der Waals surface area contributed by atoms with E-state index in [9.17, 15) is 5.11 Å². The van der Waals surface area contributed by atoms with Crippen LogP contribution in [0.15, 0.2) is 5.38 Å². The zero-order chi connectivity index (χ0) is 14.0. The lowest BCUT2D eigenvalue weighted by molar-refractivity contribution is -0.0170. The van der Waals surface area contributed by atoms with Gasteiger partial charge in [-0.1, -0.05) is 13.8 Å². The van der Waals surface area contributed by atoms with Gasteiger partial charge in [-0.05, 0) is 44.4 Å². The van der Waals surface area contributed by atoms with E-state index in [-0.39, 0.29) is 5.41 Å². The molecule has 1 fully saturated rings. The fourth-order valence-corrected chi connectivity index (χ4v) is 3.92. The van der Waals surface area contributed by atoms with Gasteiger partial charge in [-0.25, -0.2) is 4.98 Å². The van der Waals surface area contributed by atoms with Crippen molar-refractivity contribution in [1.82, 2.24) is 4.98 Å². The maximum absolute atomic E-state index is 10.7. The number of aliphatic hydroxyl groups excluding tert-OH is 1. The standard InChI is InChI=1S/C15H26N2OS/c1-10(2)12-4-6-15(9-16,7-5-12)14(18)13-8-19-11(3)17-13/h8,10,12,14,18H,4-7,9,16H2,1-3H3. The van der Waals surface area contributed by atoms with Crippen molar-refractivity contribution in [3.63, 3.8) is 0 Å². The molecule has 108 valence electrons. The quantitative estimate of drug-likeness (QED) is 0.891. The molecule has 0 amide bonds. The van der Waals surface area contributed by atoms with Gasteiger partial charge in [0.05, 0.1) is 10.7 Å². The molecule has 1 aliphatic carbocycles. The van der Waals surface area contributed by atoms with Gasteiger partial charge in [0.1, 0.15) is 6.10 Å². The molecule has 1 atom stereocenters. The SMILES string of the molecule is Cc1nc(C(O)C2(CN)CCC(C(C)C)CC2)cs1. The molecular weight excluding hydrogens is 256 g/mol. The Morgan fingerprint density at radius 3 is 2.53 bits per heavy atom. The molecule has 1 saturated carbocycles. The van der Waals surface area contributed by atoms with Crippen LogP contribution in [0.1, 0.15) is 56.3 Å². The number of nitrogens with two attached hydrogens (primary N) is 1. The van der Waals surface area contributed by atoms with Crippen LogP contribution in [0.2, 0.25) is 0 Å². The van der Waals surface area contributed by atoms with E-state index < -0.39 is 6.10 Å². The van der Waals surface area contributed by atoms with E-state index >= 15 is 0 Å². The van der Waals surface area contributed by atoms with E-state index in [2.05, 4.69) is 18.8 Å². The summed E-state index contributed by atoms with van der Waals surface area (Å²) < 4.78 is 0. The highest BCUT2D eigenvalue weighted by Gasteiger charge is 2.42. The van der Waals surface area contributed by atoms with Crippen molar-refractivity contribution in [2.45, 2.75) is 52.6 Å². The molecule has 19 heavy (non-hydrogen) atoms. The molecule has 0 radical (unpaired) electrons. The van der Waals surface area contributed by atoms with Crippen molar-refractivity contribution >= 4 is 11.3 Å². The van der Waals surface area contributed by atoms with Crippen molar-refractivity contribution in [3.05, 3.63) is 16.1 Å². The first-order valence-electron chi connectivity index (χ1n) is 7.28. The van der Waals surface area contributed by atoms with Crippen molar-refractivity contribution < 1.29 is 5.11 Å². The van der Waals surface area contributed by atoms with Gasteiger partial charge in [0.15, 0.2) is 0 Å². The number of thiazole rings is 1. The summed E-state index contributed by atoms with van der Waals surface area (Å²) in [6, 6.07) is 0. The van der Waals surface area contributed by atoms with E-state index in [1.807, 2.05) is 12.3 Å². The zero-order valence-corrected chi connectivity index (χ0v) is 13.0. The van der Waals surface area contributed by atoms with E-state index in [1.54, 1.807) is 11.3 Å². The van der Waals surface area contributed by atoms with Crippen LogP contribution < -0.4 is 5.73 Å². The second kappa shape index (κ2) is 5.90. The number of hydrogen-bond acceptors (Lipinski definition) is 4. The minimum atomic E-state index is -0.504. The molecule has 1 heterocycles. The molecule has 1 aliphatic rings. The summed E-state index contributed by atoms with van der Waals surface area (Å²) in [6.07, 6.45) is 3.88. The monoisotopic (exact) mass is 282 g/mol. The summed E-state index contributed by atoms with van der Waals surface area (Å²) in [4.78, 5) is 4.45. The highest BCUT2D eigenvalue weighted by atomic mass is 32.1. The molecule has 0 aromatic carbocycles. The Hall–Kier alpha value is -0.450. The molecule has 0 spiro atoms. The third-order valence-electron chi connectivity index (χ3n) is 4.87. The summed E-state index contributed by atoms with van der Waals surface area (Å²) in [7, 11) is 0. The predicted molar refractivity (Wildman–Crippen MR) is 80.1 cm³/mol. The molecule has 0 bridgehead atoms. The topological polar surface area (TPSA) is 59.1 Å². The molecule has 0 aliphatic heterocycles. The summed E-state index contributed by atoms with van der Waals surface area (Å²) in [5, 5.41) is 13.7. The molecule has 2 rings (SSSR count). The van der Waals surface area contributed by atoms with Crippen molar-refractivity contribution in [2.75, 3.05) is 6.54 Å². The number of aromatic nitrogens is 1. The largest absolute Gasteiger partial charge is 0.386 e. The van der Waals surface area contributed by atoms with Crippen molar-refractivity contribution in [1.29, 1.82) is 0 Å². The Morgan fingerprint density at radius 1 is 1.47 bits per heavy atom. The van der Waals surface area contributed by atoms with Gasteiger partial charge >= 0.3 is 0 Å². The van der Waals surface area contributed by atoms with Crippen LogP contribution in [0.3, 0.4) is 0 Å². The van der Waals surface area contributed by atoms with Crippen LogP contribution >= 0.6 is 11.3 Å². The first kappa shape index (κ1) is 14.9. The Kier molecular flexibility index (Phi) is 4.64. The van der Waals surface area contributed by atoms with Crippen LogP contribution in [0.25, 0.3) is 0 Å². The van der Waals surface area contributed by atoms with E-state index in [0.717, 1.165) is 35.4 Å². The lowest BCUT2D eigenvalue weighted by Gasteiger charge is -2.43. The average molecular weight is 282 g/mol. The fraction of sp³-hybridized carbons (Fsp3) is 0.800. The van der Waals surface area contributed by atoms with Crippen molar-refractivity contribution in [3.8, 4) is 0 Å². The van der Waals surface area contributed by atoms with Gasteiger partial charge in [-0.2, -0.15) is 0 Å². The lowest BCUT2D eigenvalue weighted by Crippen LogP contribution is -2.41. The van der Waals surface area contributed by atoms with Gasteiger partial charge in [-0.15, -0.1) is 11.3 Å². The van der Waals surface area contributed by atoms with Crippen molar-refractivity contribution in [2.24, 2.45) is 23.0 Å². The van der Waals surface area contributed by atoms with E-state index in [4.69, 9.17) is 5.73 Å². The van der Waals surface area contributed by atoms with Gasteiger partial charge in [-0.3, -0.25) is 0 Å². The molecule has 1 aromatic rings. The fourth-order valence-electron chi connectivity index (χ4n) is 3.29. The van der Waals surface area contributed by atoms with Gasteiger partial charge in [0.2, 0.25) is 0 Å². The molecule has 3 N–H and O–H groups in total. The third kappa shape index (κ3) is 3.01. The lowest BCUT2D eigenvalue weighted by atomic mass is 9.65. The van der Waals surface area contributed by atoms with Gasteiger partial charge < -0.3 is 10.8 Å². The molecule has 1 aromatic heterocycles. The molecule has 0 saturated heterocycles. The van der Waals surface area contributed by atoms with E-state index in [0.29, 0.717) is 6.54 Å². The Balaban J connectivity index is 2.11. The number of rotatable bonds is 4. The predicted octanol–water partition coefficient (Wildman–Crippen LogP) is 3.28. The smallest absolute Gasteiger partial charge is 0.104 e. The van der Waals surface area contributed by atoms with E-state index in [1.165, 1.54) is 12.8 Å². The maximum atomic E-state index is 10.7. The van der Waals surface area contributed by atoms with Crippen LogP contribution in [0.4, 0.5) is 0 Å². The summed E-state index contributed by atoms with van der Waals surface area (Å²) in [5.41, 5.74) is 6.68. The number of nitrogens with zero attached hydrogens (tertiary/aromatic N) is 1. The summed E-state index contributed by atoms with van der Waals surface area (Å²) in [6.45, 7) is 7.11. The first-order chi connectivity index (χ1) is 8.98. The minimum absolute atomic E-state index is 0.161. The summed E-state index contributed by atoms with van der Waals surface area (Å²) >= 11 is 1.60. The highest BCUT2D eigenvalue weighted by Crippen LogP contribution is 2.48. The number of hydrogen-bond donors (Lipinski definition) is 2. The summed E-state index contributed by atoms with van der Waals surface area (Å²) in [5.74, 6) is 1.51. The molecule has 1 unspecified atom stereocenters. The van der Waals surface area contributed by atoms with Crippen LogP contribution in [-0.2, 0) is 0 Å². The molecular formula is C15H26N2OS. The molecule has 4 heteroatoms. The molecule has 3 nitrogen and oxygen atoms in total. The number of aryl methyl sites for hydroxylation is 1. The normalized spacial score (nSPS) is 29.7. The second-order valence-corrected chi connectivity index (χ2v) is 7.40. The minimum Gasteiger partial charge on any atom is -0.386 e. The highest BCUT2D eigenvalue weighted by molar-refractivity contribution is 7.09. The van der Waals surface area contributed by atoms with Gasteiger partial charge in [0.25, 0.3) is 0 Å². The Bertz CT molecular complexity index is 408. The van der Waals surface area contributed by atoms with Crippen LogP contribution in [0, 0.1) is 24.2 Å². The Labute approximate surface area is 120 Å². The Morgan fingerprint density at radius 2 is 2.11 bits per heavy atom. The second-order valence-electron chi connectivity index (χ2n) is 6.34. The van der Waals surface area contributed by atoms with Crippen LogP contribution in [0.5, 0.6) is 0 Å². The average Bonchev–Trinajstić information content (AvgIpc) is 2.84. The zero-order valence-electron chi connectivity index (χ0n) is 12.2. The maximum Gasteiger partial charge on any atom is 0.104 e. The van der Waals surface area contributed by atoms with Gasteiger partial charge in [0, 0.05) is 17.3 Å².